The number of hydrogen-bond donors (Lipinski definition) is 2. The molecular formula is C11H16ClN2O3PS. The van der Waals surface area contributed by atoms with Crippen molar-refractivity contribution < 1.29 is 13.6 Å². The van der Waals surface area contributed by atoms with Crippen LogP contribution < -0.4 is 10.4 Å². The molecule has 19 heavy (non-hydrogen) atoms. The van der Waals surface area contributed by atoms with Crippen molar-refractivity contribution in [3.8, 4) is 0 Å². The Morgan fingerprint density at radius 2 is 1.79 bits per heavy atom. The number of benzene rings is 1. The molecule has 0 saturated carbocycles. The van der Waals surface area contributed by atoms with E-state index in [1.807, 2.05) is 0 Å². The van der Waals surface area contributed by atoms with Gasteiger partial charge in [-0.3, -0.25) is 14.1 Å². The quantitative estimate of drug-likeness (QED) is 0.613. The second kappa shape index (κ2) is 7.82. The molecule has 0 bridgehead atoms. The van der Waals surface area contributed by atoms with Crippen LogP contribution >= 0.6 is 31.6 Å². The summed E-state index contributed by atoms with van der Waals surface area (Å²) in [5.74, 6) is 0. The first-order valence-electron chi connectivity index (χ1n) is 5.73. The van der Waals surface area contributed by atoms with Gasteiger partial charge in [0.05, 0.1) is 13.2 Å². The van der Waals surface area contributed by atoms with Crippen LogP contribution in [0.2, 0.25) is 5.02 Å². The zero-order valence-corrected chi connectivity index (χ0v) is 13.1. The Morgan fingerprint density at radius 3 is 2.26 bits per heavy atom. The maximum Gasteiger partial charge on any atom is 0.434 e. The van der Waals surface area contributed by atoms with Crippen molar-refractivity contribution >= 4 is 42.4 Å². The van der Waals surface area contributed by atoms with E-state index in [0.717, 1.165) is 5.69 Å². The smallest absolute Gasteiger partial charge is 0.332 e. The summed E-state index contributed by atoms with van der Waals surface area (Å²) in [5, 5.41) is 6.21. The van der Waals surface area contributed by atoms with Gasteiger partial charge in [-0.25, -0.2) is 4.57 Å². The standard InChI is InChI=1S/C11H16ClN2O3PS/c1-3-16-18(15,17-4-2)14-11(19)13-10-7-5-9(12)6-8-10/h5-8H,3-4H2,1-2H3,(H2,13,14,15,19). The highest BCUT2D eigenvalue weighted by Gasteiger charge is 2.24. The van der Waals surface area contributed by atoms with E-state index >= 15 is 0 Å². The number of nitrogens with one attached hydrogen (secondary N) is 2. The van der Waals surface area contributed by atoms with Gasteiger partial charge in [-0.2, -0.15) is 0 Å². The van der Waals surface area contributed by atoms with Gasteiger partial charge >= 0.3 is 7.75 Å². The molecular weight excluding hydrogens is 307 g/mol. The summed E-state index contributed by atoms with van der Waals surface area (Å²) >= 11 is 10.8. The Kier molecular flexibility index (Phi) is 6.75. The zero-order chi connectivity index (χ0) is 14.3. The fourth-order valence-corrected chi connectivity index (χ4v) is 3.03. The van der Waals surface area contributed by atoms with Gasteiger partial charge in [0.2, 0.25) is 0 Å². The third-order valence-corrected chi connectivity index (χ3v) is 4.24. The fraction of sp³-hybridized carbons (Fsp3) is 0.364. The minimum absolute atomic E-state index is 0.160. The summed E-state index contributed by atoms with van der Waals surface area (Å²) in [5.41, 5.74) is 0.724. The van der Waals surface area contributed by atoms with Gasteiger partial charge in [-0.15, -0.1) is 0 Å². The van der Waals surface area contributed by atoms with E-state index in [4.69, 9.17) is 32.9 Å². The van der Waals surface area contributed by atoms with Crippen molar-refractivity contribution in [3.63, 3.8) is 0 Å². The molecule has 0 radical (unpaired) electrons. The maximum atomic E-state index is 12.2. The third kappa shape index (κ3) is 5.89. The van der Waals surface area contributed by atoms with Gasteiger partial charge < -0.3 is 5.32 Å². The van der Waals surface area contributed by atoms with Crippen molar-refractivity contribution in [2.75, 3.05) is 18.5 Å². The van der Waals surface area contributed by atoms with E-state index in [-0.39, 0.29) is 18.3 Å². The minimum atomic E-state index is -3.40. The largest absolute Gasteiger partial charge is 0.434 e. The SMILES string of the molecule is CCOP(=O)(NC(=S)Nc1ccc(Cl)cc1)OCC. The second-order valence-corrected chi connectivity index (χ2v) is 5.99. The van der Waals surface area contributed by atoms with Crippen LogP contribution in [0.15, 0.2) is 24.3 Å². The molecule has 0 heterocycles. The number of thiocarbonyl (C=S) groups is 1. The van der Waals surface area contributed by atoms with E-state index in [9.17, 15) is 4.57 Å². The second-order valence-electron chi connectivity index (χ2n) is 3.41. The summed E-state index contributed by atoms with van der Waals surface area (Å²) in [6, 6.07) is 6.94. The Balaban J connectivity index is 2.62. The lowest BCUT2D eigenvalue weighted by atomic mass is 10.3. The van der Waals surface area contributed by atoms with Crippen LogP contribution in [0.4, 0.5) is 5.69 Å². The molecule has 1 rings (SSSR count). The van der Waals surface area contributed by atoms with Gasteiger partial charge in [0.25, 0.3) is 0 Å². The van der Waals surface area contributed by atoms with Gasteiger partial charge in [0.15, 0.2) is 5.11 Å². The Labute approximate surface area is 123 Å². The van der Waals surface area contributed by atoms with E-state index in [2.05, 4.69) is 10.4 Å². The first kappa shape index (κ1) is 16.4. The predicted molar refractivity (Wildman–Crippen MR) is 81.7 cm³/mol. The molecule has 0 aliphatic rings. The topological polar surface area (TPSA) is 59.6 Å². The van der Waals surface area contributed by atoms with Crippen LogP contribution in [-0.2, 0) is 13.6 Å². The molecule has 0 fully saturated rings. The third-order valence-electron chi connectivity index (χ3n) is 1.94. The molecule has 1 aromatic rings. The van der Waals surface area contributed by atoms with Gasteiger partial charge in [0.1, 0.15) is 0 Å². The minimum Gasteiger partial charge on any atom is -0.332 e. The van der Waals surface area contributed by atoms with E-state index in [1.165, 1.54) is 0 Å². The van der Waals surface area contributed by atoms with E-state index < -0.39 is 7.75 Å². The van der Waals surface area contributed by atoms with Crippen LogP contribution in [0, 0.1) is 0 Å². The van der Waals surface area contributed by atoms with Crippen molar-refractivity contribution in [1.82, 2.24) is 5.09 Å². The average Bonchev–Trinajstić information content (AvgIpc) is 2.32. The molecule has 0 unspecified atom stereocenters. The van der Waals surface area contributed by atoms with Crippen LogP contribution in [0.3, 0.4) is 0 Å². The van der Waals surface area contributed by atoms with Crippen molar-refractivity contribution in [2.24, 2.45) is 0 Å². The molecule has 106 valence electrons. The molecule has 0 aliphatic carbocycles. The molecule has 0 aromatic heterocycles. The monoisotopic (exact) mass is 322 g/mol. The summed E-state index contributed by atoms with van der Waals surface area (Å²) < 4.78 is 22.3. The molecule has 5 nitrogen and oxygen atoms in total. The number of anilines is 1. The molecule has 8 heteroatoms. The molecule has 0 atom stereocenters. The van der Waals surface area contributed by atoms with Crippen molar-refractivity contribution in [3.05, 3.63) is 29.3 Å². The highest BCUT2D eigenvalue weighted by molar-refractivity contribution is 7.81. The Bertz CT molecular complexity index is 460. The van der Waals surface area contributed by atoms with Gasteiger partial charge in [-0.05, 0) is 50.3 Å². The number of rotatable bonds is 6. The lowest BCUT2D eigenvalue weighted by Gasteiger charge is -2.19. The first-order valence-corrected chi connectivity index (χ1v) is 8.06. The molecule has 0 aliphatic heterocycles. The normalized spacial score (nSPS) is 11.1. The molecule has 0 amide bonds. The van der Waals surface area contributed by atoms with Gasteiger partial charge in [0, 0.05) is 10.7 Å². The lowest BCUT2D eigenvalue weighted by Crippen LogP contribution is -2.27. The zero-order valence-electron chi connectivity index (χ0n) is 10.7. The number of halogens is 1. The first-order chi connectivity index (χ1) is 8.99. The Morgan fingerprint density at radius 1 is 1.26 bits per heavy atom. The summed E-state index contributed by atoms with van der Waals surface area (Å²) in [4.78, 5) is 0. The van der Waals surface area contributed by atoms with Crippen molar-refractivity contribution in [1.29, 1.82) is 0 Å². The van der Waals surface area contributed by atoms with Crippen molar-refractivity contribution in [2.45, 2.75) is 13.8 Å². The summed E-state index contributed by atoms with van der Waals surface area (Å²) in [7, 11) is -3.40. The molecule has 1 aromatic carbocycles. The van der Waals surface area contributed by atoms with Gasteiger partial charge in [-0.1, -0.05) is 11.6 Å². The van der Waals surface area contributed by atoms with Crippen LogP contribution in [-0.4, -0.2) is 18.3 Å². The summed E-state index contributed by atoms with van der Waals surface area (Å²) in [6.07, 6.45) is 0. The average molecular weight is 323 g/mol. The summed E-state index contributed by atoms with van der Waals surface area (Å²) in [6.45, 7) is 3.97. The van der Waals surface area contributed by atoms with E-state index in [1.54, 1.807) is 38.1 Å². The predicted octanol–water partition coefficient (Wildman–Crippen LogP) is 3.81. The Hall–Kier alpha value is -0.650. The lowest BCUT2D eigenvalue weighted by molar-refractivity contribution is 0.216. The molecule has 2 N–H and O–H groups in total. The highest BCUT2D eigenvalue weighted by atomic mass is 35.5. The maximum absolute atomic E-state index is 12.2. The highest BCUT2D eigenvalue weighted by Crippen LogP contribution is 2.43. The fourth-order valence-electron chi connectivity index (χ4n) is 1.26. The molecule has 0 spiro atoms. The van der Waals surface area contributed by atoms with Crippen LogP contribution in [0.5, 0.6) is 0 Å². The van der Waals surface area contributed by atoms with Crippen LogP contribution in [0.1, 0.15) is 13.8 Å². The van der Waals surface area contributed by atoms with E-state index in [0.29, 0.717) is 5.02 Å². The molecule has 0 saturated heterocycles. The van der Waals surface area contributed by atoms with Crippen LogP contribution in [0.25, 0.3) is 0 Å². The number of hydrogen-bond acceptors (Lipinski definition) is 4.